The molecule has 0 saturated carbocycles. The zero-order valence-corrected chi connectivity index (χ0v) is 5.46. The van der Waals surface area contributed by atoms with Crippen LogP contribution >= 0.6 is 0 Å². The minimum absolute atomic E-state index is 0. The van der Waals surface area contributed by atoms with Crippen LogP contribution in [0.5, 0.6) is 0 Å². The second-order valence-corrected chi connectivity index (χ2v) is 2.42. The highest BCUT2D eigenvalue weighted by molar-refractivity contribution is 4.97. The number of aromatic nitrogens is 3. The maximum atomic E-state index is 4.01. The molecule has 1 aromatic heterocycles. The lowest BCUT2D eigenvalue weighted by molar-refractivity contribution is 0.715. The Morgan fingerprint density at radius 3 is 2.90 bits per heavy atom. The highest BCUT2D eigenvalue weighted by Gasteiger charge is 2.13. The fourth-order valence-electron chi connectivity index (χ4n) is 1.30. The molecule has 56 valence electrons. The van der Waals surface area contributed by atoms with Crippen molar-refractivity contribution < 1.29 is 0 Å². The van der Waals surface area contributed by atoms with Crippen LogP contribution in [-0.2, 0) is 13.0 Å². The Morgan fingerprint density at radius 2 is 2.20 bits per heavy atom. The van der Waals surface area contributed by atoms with E-state index in [1.54, 1.807) is 0 Å². The molecule has 0 unspecified atom stereocenters. The van der Waals surface area contributed by atoms with Crippen molar-refractivity contribution in [2.75, 3.05) is 0 Å². The predicted molar refractivity (Wildman–Crippen MR) is 39.8 cm³/mol. The van der Waals surface area contributed by atoms with Crippen molar-refractivity contribution in [3.8, 4) is 0 Å². The molecule has 0 aliphatic carbocycles. The molecule has 1 aliphatic heterocycles. The van der Waals surface area contributed by atoms with E-state index < -0.39 is 0 Å². The summed E-state index contributed by atoms with van der Waals surface area (Å²) in [4.78, 5) is 0. The molecule has 0 bridgehead atoms. The number of hydrogen-bond acceptors (Lipinski definition) is 2. The summed E-state index contributed by atoms with van der Waals surface area (Å²) in [7, 11) is 0. The highest BCUT2D eigenvalue weighted by Crippen LogP contribution is 2.12. The molecule has 0 radical (unpaired) electrons. The molecular weight excluding hydrogens is 126 g/mol. The highest BCUT2D eigenvalue weighted by atomic mass is 15.3. The Morgan fingerprint density at radius 1 is 1.40 bits per heavy atom. The van der Waals surface area contributed by atoms with Gasteiger partial charge >= 0.3 is 0 Å². The summed E-state index contributed by atoms with van der Waals surface area (Å²) in [5.41, 5.74) is 0. The number of hydrogen-bond donors (Lipinski definition) is 0. The van der Waals surface area contributed by atoms with Gasteiger partial charge in [0, 0.05) is 13.0 Å². The van der Waals surface area contributed by atoms with Crippen LogP contribution in [-0.4, -0.2) is 14.8 Å². The van der Waals surface area contributed by atoms with E-state index in [9.17, 15) is 0 Å². The van der Waals surface area contributed by atoms with E-state index >= 15 is 0 Å². The van der Waals surface area contributed by atoms with Gasteiger partial charge in [-0.2, -0.15) is 0 Å². The largest absolute Gasteiger partial charge is 0.315 e. The van der Waals surface area contributed by atoms with Crippen LogP contribution in [0.1, 0.15) is 25.5 Å². The monoisotopic (exact) mass is 139 g/mol. The Labute approximate surface area is 61.1 Å². The van der Waals surface area contributed by atoms with Crippen LogP contribution in [0.25, 0.3) is 0 Å². The average Bonchev–Trinajstić information content (AvgIpc) is 2.35. The van der Waals surface area contributed by atoms with Crippen LogP contribution in [0, 0.1) is 6.92 Å². The Hall–Kier alpha value is -0.860. The van der Waals surface area contributed by atoms with Crippen LogP contribution in [0.15, 0.2) is 0 Å². The molecule has 1 aliphatic rings. The quantitative estimate of drug-likeness (QED) is 0.540. The van der Waals surface area contributed by atoms with Crippen LogP contribution in [0.4, 0.5) is 0 Å². The molecule has 0 fully saturated rings. The first-order chi connectivity index (χ1) is 4.38. The predicted octanol–water partition coefficient (Wildman–Crippen LogP) is 1.17. The van der Waals surface area contributed by atoms with Crippen molar-refractivity contribution >= 4 is 0 Å². The van der Waals surface area contributed by atoms with E-state index in [2.05, 4.69) is 14.8 Å². The molecule has 3 nitrogen and oxygen atoms in total. The maximum Gasteiger partial charge on any atom is 0.133 e. The van der Waals surface area contributed by atoms with Gasteiger partial charge in [0.15, 0.2) is 0 Å². The van der Waals surface area contributed by atoms with Gasteiger partial charge in [-0.1, -0.05) is 7.43 Å². The topological polar surface area (TPSA) is 30.7 Å². The second-order valence-electron chi connectivity index (χ2n) is 2.42. The molecule has 0 aromatic carbocycles. The Bertz CT molecular complexity index is 227. The molecule has 0 atom stereocenters. The fraction of sp³-hybridized carbons (Fsp3) is 0.714. The van der Waals surface area contributed by atoms with E-state index in [1.165, 1.54) is 6.42 Å². The van der Waals surface area contributed by atoms with E-state index in [0.29, 0.717) is 0 Å². The van der Waals surface area contributed by atoms with Gasteiger partial charge in [-0.05, 0) is 13.3 Å². The third-order valence-electron chi connectivity index (χ3n) is 1.79. The Balaban J connectivity index is 0.000000500. The van der Waals surface area contributed by atoms with Gasteiger partial charge < -0.3 is 4.57 Å². The van der Waals surface area contributed by atoms with Crippen molar-refractivity contribution in [2.45, 2.75) is 33.7 Å². The molecule has 0 saturated heterocycles. The third-order valence-corrected chi connectivity index (χ3v) is 1.79. The second kappa shape index (κ2) is 2.40. The average molecular weight is 139 g/mol. The normalized spacial score (nSPS) is 14.5. The van der Waals surface area contributed by atoms with Crippen molar-refractivity contribution in [1.29, 1.82) is 0 Å². The Kier molecular flexibility index (Phi) is 1.74. The van der Waals surface area contributed by atoms with Crippen molar-refractivity contribution in [3.63, 3.8) is 0 Å². The third kappa shape index (κ3) is 0.818. The molecular formula is C7H13N3. The molecule has 2 heterocycles. The molecule has 3 heteroatoms. The van der Waals surface area contributed by atoms with Crippen molar-refractivity contribution in [1.82, 2.24) is 14.8 Å². The fourth-order valence-corrected chi connectivity index (χ4v) is 1.30. The molecule has 0 spiro atoms. The van der Waals surface area contributed by atoms with Gasteiger partial charge in [-0.25, -0.2) is 0 Å². The standard InChI is InChI=1S/C6H9N3.CH4/c1-5-7-8-6-3-2-4-9(5)6;/h2-4H2,1H3;1H4. The van der Waals surface area contributed by atoms with Gasteiger partial charge in [0.25, 0.3) is 0 Å². The van der Waals surface area contributed by atoms with Crippen molar-refractivity contribution in [3.05, 3.63) is 11.6 Å². The van der Waals surface area contributed by atoms with Gasteiger partial charge in [0.1, 0.15) is 11.6 Å². The summed E-state index contributed by atoms with van der Waals surface area (Å²) in [6.07, 6.45) is 2.35. The van der Waals surface area contributed by atoms with Crippen LogP contribution in [0.2, 0.25) is 0 Å². The zero-order valence-electron chi connectivity index (χ0n) is 5.46. The minimum Gasteiger partial charge on any atom is -0.315 e. The molecule has 0 amide bonds. The van der Waals surface area contributed by atoms with Gasteiger partial charge in [0.2, 0.25) is 0 Å². The molecule has 1 aromatic rings. The summed E-state index contributed by atoms with van der Waals surface area (Å²) in [5, 5.41) is 7.96. The first-order valence-electron chi connectivity index (χ1n) is 3.26. The summed E-state index contributed by atoms with van der Waals surface area (Å²) < 4.78 is 2.18. The lowest BCUT2D eigenvalue weighted by Gasteiger charge is -1.92. The summed E-state index contributed by atoms with van der Waals surface area (Å²) >= 11 is 0. The van der Waals surface area contributed by atoms with Crippen molar-refractivity contribution in [2.24, 2.45) is 0 Å². The summed E-state index contributed by atoms with van der Waals surface area (Å²) in [6, 6.07) is 0. The lowest BCUT2D eigenvalue weighted by Crippen LogP contribution is -1.94. The first kappa shape index (κ1) is 7.25. The van der Waals surface area contributed by atoms with E-state index in [-0.39, 0.29) is 7.43 Å². The first-order valence-corrected chi connectivity index (χ1v) is 3.26. The lowest BCUT2D eigenvalue weighted by atomic mass is 10.4. The molecule has 2 rings (SSSR count). The van der Waals surface area contributed by atoms with E-state index in [4.69, 9.17) is 0 Å². The molecule has 0 N–H and O–H groups in total. The van der Waals surface area contributed by atoms with E-state index in [0.717, 1.165) is 24.6 Å². The van der Waals surface area contributed by atoms with E-state index in [1.807, 2.05) is 6.92 Å². The minimum atomic E-state index is 0. The summed E-state index contributed by atoms with van der Waals surface area (Å²) in [6.45, 7) is 3.12. The number of nitrogens with zero attached hydrogens (tertiary/aromatic N) is 3. The van der Waals surface area contributed by atoms with Gasteiger partial charge in [0.05, 0.1) is 0 Å². The zero-order chi connectivity index (χ0) is 6.27. The van der Waals surface area contributed by atoms with Gasteiger partial charge in [-0.3, -0.25) is 0 Å². The number of rotatable bonds is 0. The molecule has 10 heavy (non-hydrogen) atoms. The number of aryl methyl sites for hydroxylation is 2. The maximum absolute atomic E-state index is 4.01. The number of fused-ring (bicyclic) bond motifs is 1. The smallest absolute Gasteiger partial charge is 0.133 e. The summed E-state index contributed by atoms with van der Waals surface area (Å²) in [5.74, 6) is 2.22. The van der Waals surface area contributed by atoms with Crippen LogP contribution in [0.3, 0.4) is 0 Å². The van der Waals surface area contributed by atoms with Crippen LogP contribution < -0.4 is 0 Å². The van der Waals surface area contributed by atoms with Gasteiger partial charge in [-0.15, -0.1) is 10.2 Å². The SMILES string of the molecule is C.Cc1nnc2n1CCC2.